The van der Waals surface area contributed by atoms with Gasteiger partial charge in [0.25, 0.3) is 0 Å². The summed E-state index contributed by atoms with van der Waals surface area (Å²) in [5.74, 6) is 1.09. The zero-order valence-electron chi connectivity index (χ0n) is 12.4. The molecule has 5 heteroatoms. The second kappa shape index (κ2) is 9.07. The van der Waals surface area contributed by atoms with Crippen molar-refractivity contribution in [3.8, 4) is 0 Å². The van der Waals surface area contributed by atoms with Crippen LogP contribution in [0.4, 0.5) is 0 Å². The van der Waals surface area contributed by atoms with E-state index in [4.69, 9.17) is 5.11 Å². The van der Waals surface area contributed by atoms with Crippen LogP contribution in [0.3, 0.4) is 0 Å². The number of amides is 1. The maximum atomic E-state index is 12.3. The molecule has 0 spiro atoms. The Morgan fingerprint density at radius 2 is 1.95 bits per heavy atom. The quantitative estimate of drug-likeness (QED) is 0.812. The monoisotopic (exact) mass is 308 g/mol. The van der Waals surface area contributed by atoms with Gasteiger partial charge in [-0.15, -0.1) is 11.8 Å². The van der Waals surface area contributed by atoms with Gasteiger partial charge in [-0.25, -0.2) is 0 Å². The molecule has 0 atom stereocenters. The fourth-order valence-corrected chi connectivity index (χ4v) is 3.38. The van der Waals surface area contributed by atoms with Crippen molar-refractivity contribution in [2.75, 3.05) is 45.1 Å². The molecular weight excluding hydrogens is 284 g/mol. The molecule has 1 aromatic carbocycles. The number of carbonyl (C=O) groups excluding carboxylic acids is 1. The van der Waals surface area contributed by atoms with Crippen molar-refractivity contribution in [3.05, 3.63) is 30.3 Å². The fourth-order valence-electron chi connectivity index (χ4n) is 2.52. The summed E-state index contributed by atoms with van der Waals surface area (Å²) in [7, 11) is 0. The van der Waals surface area contributed by atoms with Crippen molar-refractivity contribution in [1.29, 1.82) is 0 Å². The van der Waals surface area contributed by atoms with E-state index in [-0.39, 0.29) is 12.5 Å². The van der Waals surface area contributed by atoms with E-state index in [1.807, 2.05) is 23.1 Å². The van der Waals surface area contributed by atoms with Gasteiger partial charge in [0.2, 0.25) is 5.91 Å². The molecule has 1 fully saturated rings. The van der Waals surface area contributed by atoms with Crippen molar-refractivity contribution in [2.24, 2.45) is 0 Å². The Kier molecular flexibility index (Phi) is 7.06. The predicted molar refractivity (Wildman–Crippen MR) is 86.5 cm³/mol. The zero-order chi connectivity index (χ0) is 14.9. The van der Waals surface area contributed by atoms with Gasteiger partial charge >= 0.3 is 0 Å². The maximum Gasteiger partial charge on any atom is 0.223 e. The molecule has 0 saturated carbocycles. The molecule has 1 amide bonds. The normalized spacial score (nSPS) is 16.7. The zero-order valence-corrected chi connectivity index (χ0v) is 13.2. The van der Waals surface area contributed by atoms with Crippen molar-refractivity contribution in [2.45, 2.75) is 17.7 Å². The SMILES string of the molecule is O=C(CCSc1ccccc1)N1CCCN(CCO)CC1. The molecule has 21 heavy (non-hydrogen) atoms. The molecule has 0 aromatic heterocycles. The van der Waals surface area contributed by atoms with Crippen molar-refractivity contribution in [3.63, 3.8) is 0 Å². The van der Waals surface area contributed by atoms with Gasteiger partial charge in [0.05, 0.1) is 6.61 Å². The van der Waals surface area contributed by atoms with E-state index in [1.165, 1.54) is 4.90 Å². The first-order valence-electron chi connectivity index (χ1n) is 7.58. The Balaban J connectivity index is 1.70. The highest BCUT2D eigenvalue weighted by Crippen LogP contribution is 2.18. The summed E-state index contributed by atoms with van der Waals surface area (Å²) in [4.78, 5) is 17.7. The number of aliphatic hydroxyl groups excluding tert-OH is 1. The number of benzene rings is 1. The molecule has 0 unspecified atom stereocenters. The van der Waals surface area contributed by atoms with Crippen LogP contribution in [0.5, 0.6) is 0 Å². The topological polar surface area (TPSA) is 43.8 Å². The molecule has 1 saturated heterocycles. The van der Waals surface area contributed by atoms with Gasteiger partial charge in [-0.05, 0) is 25.1 Å². The number of nitrogens with zero attached hydrogens (tertiary/aromatic N) is 2. The van der Waals surface area contributed by atoms with E-state index < -0.39 is 0 Å². The summed E-state index contributed by atoms with van der Waals surface area (Å²) in [5, 5.41) is 8.98. The molecule has 2 rings (SSSR count). The second-order valence-electron chi connectivity index (χ2n) is 5.21. The lowest BCUT2D eigenvalue weighted by atomic mass is 10.3. The molecule has 1 heterocycles. The lowest BCUT2D eigenvalue weighted by molar-refractivity contribution is -0.130. The lowest BCUT2D eigenvalue weighted by Crippen LogP contribution is -2.36. The van der Waals surface area contributed by atoms with Crippen molar-refractivity contribution in [1.82, 2.24) is 9.80 Å². The maximum absolute atomic E-state index is 12.3. The molecule has 116 valence electrons. The van der Waals surface area contributed by atoms with Crippen LogP contribution in [0.15, 0.2) is 35.2 Å². The summed E-state index contributed by atoms with van der Waals surface area (Å²) in [6.07, 6.45) is 1.59. The Bertz CT molecular complexity index is 428. The first-order valence-corrected chi connectivity index (χ1v) is 8.57. The third-order valence-corrected chi connectivity index (χ3v) is 4.70. The minimum atomic E-state index is 0.196. The van der Waals surface area contributed by atoms with Crippen molar-refractivity contribution < 1.29 is 9.90 Å². The number of hydrogen-bond acceptors (Lipinski definition) is 4. The van der Waals surface area contributed by atoms with Crippen LogP contribution in [0.1, 0.15) is 12.8 Å². The van der Waals surface area contributed by atoms with Gasteiger partial charge in [0, 0.05) is 43.2 Å². The largest absolute Gasteiger partial charge is 0.395 e. The predicted octanol–water partition coefficient (Wildman–Crippen LogP) is 1.70. The van der Waals surface area contributed by atoms with Crippen LogP contribution in [-0.2, 0) is 4.79 Å². The Hall–Kier alpha value is -1.04. The van der Waals surface area contributed by atoms with E-state index in [0.29, 0.717) is 13.0 Å². The highest BCUT2D eigenvalue weighted by molar-refractivity contribution is 7.99. The average molecular weight is 308 g/mol. The Morgan fingerprint density at radius 3 is 2.71 bits per heavy atom. The summed E-state index contributed by atoms with van der Waals surface area (Å²) in [6, 6.07) is 10.2. The number of rotatable bonds is 6. The Morgan fingerprint density at radius 1 is 1.14 bits per heavy atom. The summed E-state index contributed by atoms with van der Waals surface area (Å²) in [5.41, 5.74) is 0. The van der Waals surface area contributed by atoms with Gasteiger partial charge < -0.3 is 10.0 Å². The minimum absolute atomic E-state index is 0.196. The highest BCUT2D eigenvalue weighted by atomic mass is 32.2. The summed E-state index contributed by atoms with van der Waals surface area (Å²) in [6.45, 7) is 4.39. The Labute approximate surface area is 131 Å². The first kappa shape index (κ1) is 16.3. The molecule has 1 aliphatic rings. The van der Waals surface area contributed by atoms with E-state index >= 15 is 0 Å². The average Bonchev–Trinajstić information content (AvgIpc) is 2.74. The molecule has 4 nitrogen and oxygen atoms in total. The van der Waals surface area contributed by atoms with Crippen LogP contribution in [0, 0.1) is 0 Å². The van der Waals surface area contributed by atoms with Crippen LogP contribution in [0.25, 0.3) is 0 Å². The van der Waals surface area contributed by atoms with Gasteiger partial charge in [-0.3, -0.25) is 9.69 Å². The molecule has 0 radical (unpaired) electrons. The van der Waals surface area contributed by atoms with E-state index in [0.717, 1.165) is 38.4 Å². The number of carbonyl (C=O) groups is 1. The highest BCUT2D eigenvalue weighted by Gasteiger charge is 2.18. The van der Waals surface area contributed by atoms with Gasteiger partial charge in [0.1, 0.15) is 0 Å². The lowest BCUT2D eigenvalue weighted by Gasteiger charge is -2.21. The molecule has 1 aromatic rings. The molecule has 1 N–H and O–H groups in total. The van der Waals surface area contributed by atoms with Gasteiger partial charge in [0.15, 0.2) is 0 Å². The number of hydrogen-bond donors (Lipinski definition) is 1. The standard InChI is InChI=1S/C16H24N2O2S/c19-13-12-17-8-4-9-18(11-10-17)16(20)7-14-21-15-5-2-1-3-6-15/h1-3,5-6,19H,4,7-14H2. The molecule has 0 aliphatic carbocycles. The molecule has 1 aliphatic heterocycles. The third kappa shape index (κ3) is 5.69. The van der Waals surface area contributed by atoms with Crippen LogP contribution in [-0.4, -0.2) is 65.9 Å². The number of β-amino-alcohol motifs (C(OH)–C–C–N with tert-alkyl or cyclic N) is 1. The molecule has 0 bridgehead atoms. The van der Waals surface area contributed by atoms with E-state index in [1.54, 1.807) is 11.8 Å². The molecular formula is C16H24N2O2S. The van der Waals surface area contributed by atoms with Crippen LogP contribution in [0.2, 0.25) is 0 Å². The van der Waals surface area contributed by atoms with Gasteiger partial charge in [-0.1, -0.05) is 18.2 Å². The second-order valence-corrected chi connectivity index (χ2v) is 6.38. The minimum Gasteiger partial charge on any atom is -0.395 e. The van der Waals surface area contributed by atoms with Gasteiger partial charge in [-0.2, -0.15) is 0 Å². The summed E-state index contributed by atoms with van der Waals surface area (Å²) < 4.78 is 0. The smallest absolute Gasteiger partial charge is 0.223 e. The van der Waals surface area contributed by atoms with Crippen LogP contribution < -0.4 is 0 Å². The number of thioether (sulfide) groups is 1. The third-order valence-electron chi connectivity index (χ3n) is 3.69. The number of aliphatic hydroxyl groups is 1. The fraction of sp³-hybridized carbons (Fsp3) is 0.562. The van der Waals surface area contributed by atoms with Crippen molar-refractivity contribution >= 4 is 17.7 Å². The van der Waals surface area contributed by atoms with E-state index in [2.05, 4.69) is 17.0 Å². The van der Waals surface area contributed by atoms with Crippen LogP contribution >= 0.6 is 11.8 Å². The first-order chi connectivity index (χ1) is 10.3. The van der Waals surface area contributed by atoms with E-state index in [9.17, 15) is 4.79 Å². The summed E-state index contributed by atoms with van der Waals surface area (Å²) >= 11 is 1.74.